The lowest BCUT2D eigenvalue weighted by Gasteiger charge is -2.50. The van der Waals surface area contributed by atoms with Gasteiger partial charge in [-0.25, -0.2) is 0 Å². The van der Waals surface area contributed by atoms with Crippen LogP contribution in [-0.2, 0) is 9.53 Å². The maximum atomic E-state index is 12.6. The van der Waals surface area contributed by atoms with Gasteiger partial charge >= 0.3 is 0 Å². The molecule has 0 spiro atoms. The Morgan fingerprint density at radius 2 is 2.15 bits per heavy atom. The first kappa shape index (κ1) is 16.7. The van der Waals surface area contributed by atoms with E-state index in [4.69, 9.17) is 4.74 Å². The number of hydrogen-bond acceptors (Lipinski definition) is 4. The summed E-state index contributed by atoms with van der Waals surface area (Å²) >= 11 is 3.42. The molecular weight excluding hydrogens is 288 g/mol. The highest BCUT2D eigenvalue weighted by molar-refractivity contribution is 8.02. The largest absolute Gasteiger partial charge is 0.356 e. The Balaban J connectivity index is 2.12. The molecule has 2 nitrogen and oxygen atoms in total. The topological polar surface area (TPSA) is 26.3 Å². The number of ether oxygens (including phenoxy) is 1. The minimum Gasteiger partial charge on any atom is -0.356 e. The predicted molar refractivity (Wildman–Crippen MR) is 89.4 cm³/mol. The van der Waals surface area contributed by atoms with Crippen LogP contribution in [-0.4, -0.2) is 33.6 Å². The van der Waals surface area contributed by atoms with Gasteiger partial charge in [0.15, 0.2) is 11.2 Å². The summed E-state index contributed by atoms with van der Waals surface area (Å²) in [4.78, 5) is 12.6. The van der Waals surface area contributed by atoms with Crippen molar-refractivity contribution in [3.63, 3.8) is 0 Å². The molecule has 0 radical (unpaired) electrons. The molecule has 2 aliphatic rings. The third kappa shape index (κ3) is 3.38. The molecule has 1 aliphatic carbocycles. The van der Waals surface area contributed by atoms with Crippen molar-refractivity contribution in [2.75, 3.05) is 6.26 Å². The fourth-order valence-electron chi connectivity index (χ4n) is 3.59. The van der Waals surface area contributed by atoms with Crippen LogP contribution in [0, 0.1) is 11.8 Å². The van der Waals surface area contributed by atoms with Gasteiger partial charge in [-0.05, 0) is 37.4 Å². The summed E-state index contributed by atoms with van der Waals surface area (Å²) in [5.74, 6) is 1.62. The number of thioether (sulfide) groups is 2. The fraction of sp³-hybridized carbons (Fsp3) is 0.938. The smallest absolute Gasteiger partial charge is 0.184 e. The summed E-state index contributed by atoms with van der Waals surface area (Å²) in [5.41, 5.74) is -0.256. The van der Waals surface area contributed by atoms with E-state index in [1.807, 2.05) is 6.26 Å². The molecule has 0 aromatic rings. The second-order valence-corrected chi connectivity index (χ2v) is 9.54. The standard InChI is InChI=1S/C16H28O2S2/c1-6-13(19-5)14(17)15-18-12-9-10(2)7-8-11(12)16(3,4)20-15/h10-13,15H,6-9H2,1-5H3/t10-,11-,12-,13+,15-/m1/s1. The van der Waals surface area contributed by atoms with Gasteiger partial charge in [-0.2, -0.15) is 11.8 Å². The van der Waals surface area contributed by atoms with Crippen LogP contribution in [0.4, 0.5) is 0 Å². The van der Waals surface area contributed by atoms with Crippen LogP contribution in [0.3, 0.4) is 0 Å². The molecule has 0 unspecified atom stereocenters. The van der Waals surface area contributed by atoms with Gasteiger partial charge in [-0.3, -0.25) is 4.79 Å². The fourth-order valence-corrected chi connectivity index (χ4v) is 5.84. The predicted octanol–water partition coefficient (Wildman–Crippen LogP) is 4.37. The Kier molecular flexibility index (Phi) is 5.52. The Labute approximate surface area is 132 Å². The van der Waals surface area contributed by atoms with Crippen LogP contribution < -0.4 is 0 Å². The molecule has 1 saturated carbocycles. The molecule has 116 valence electrons. The van der Waals surface area contributed by atoms with E-state index >= 15 is 0 Å². The average molecular weight is 317 g/mol. The molecule has 0 aromatic carbocycles. The lowest BCUT2D eigenvalue weighted by atomic mass is 9.75. The minimum absolute atomic E-state index is 0.0841. The van der Waals surface area contributed by atoms with Crippen molar-refractivity contribution in [1.82, 2.24) is 0 Å². The highest BCUT2D eigenvalue weighted by atomic mass is 32.2. The van der Waals surface area contributed by atoms with Crippen LogP contribution in [0.1, 0.15) is 53.4 Å². The van der Waals surface area contributed by atoms with Crippen molar-refractivity contribution in [3.8, 4) is 0 Å². The Hall–Kier alpha value is 0.330. The van der Waals surface area contributed by atoms with E-state index in [-0.39, 0.29) is 27.3 Å². The molecular formula is C16H28O2S2. The molecule has 4 heteroatoms. The average Bonchev–Trinajstić information content (AvgIpc) is 2.38. The molecule has 1 heterocycles. The summed E-state index contributed by atoms with van der Waals surface area (Å²) in [7, 11) is 0. The zero-order chi connectivity index (χ0) is 14.9. The SMILES string of the molecule is CC[C@H](SC)C(=O)[C@@H]1O[C@@H]2C[C@H](C)CC[C@H]2C(C)(C)S1. The lowest BCUT2D eigenvalue weighted by molar-refractivity contribution is -0.133. The van der Waals surface area contributed by atoms with Crippen LogP contribution in [0.2, 0.25) is 0 Å². The summed E-state index contributed by atoms with van der Waals surface area (Å²) in [6, 6.07) is 0. The van der Waals surface area contributed by atoms with E-state index in [0.717, 1.165) is 18.8 Å². The molecule has 2 fully saturated rings. The van der Waals surface area contributed by atoms with Crippen molar-refractivity contribution >= 4 is 29.3 Å². The molecule has 1 saturated heterocycles. The number of ketones is 1. The Morgan fingerprint density at radius 3 is 2.75 bits per heavy atom. The third-order valence-corrected chi connectivity index (χ3v) is 7.46. The molecule has 1 aliphatic heterocycles. The van der Waals surface area contributed by atoms with E-state index < -0.39 is 0 Å². The maximum absolute atomic E-state index is 12.6. The number of carbonyl (C=O) groups is 1. The van der Waals surface area contributed by atoms with Gasteiger partial charge in [0.05, 0.1) is 11.4 Å². The summed E-state index contributed by atoms with van der Waals surface area (Å²) in [5, 5.41) is 0.0841. The van der Waals surface area contributed by atoms with E-state index in [1.165, 1.54) is 12.8 Å². The second-order valence-electron chi connectivity index (χ2n) is 6.79. The number of hydrogen-bond donors (Lipinski definition) is 0. The second kappa shape index (κ2) is 6.62. The molecule has 5 atom stereocenters. The van der Waals surface area contributed by atoms with Gasteiger partial charge in [0, 0.05) is 4.75 Å². The number of fused-ring (bicyclic) bond motifs is 1. The van der Waals surface area contributed by atoms with Gasteiger partial charge in [0.25, 0.3) is 0 Å². The third-order valence-electron chi connectivity index (χ3n) is 4.86. The summed E-state index contributed by atoms with van der Waals surface area (Å²) < 4.78 is 6.40. The monoisotopic (exact) mass is 316 g/mol. The first-order valence-corrected chi connectivity index (χ1v) is 9.95. The first-order chi connectivity index (χ1) is 9.39. The van der Waals surface area contributed by atoms with Crippen LogP contribution >= 0.6 is 23.5 Å². The van der Waals surface area contributed by atoms with Crippen molar-refractivity contribution in [1.29, 1.82) is 0 Å². The zero-order valence-electron chi connectivity index (χ0n) is 13.3. The van der Waals surface area contributed by atoms with Crippen molar-refractivity contribution in [3.05, 3.63) is 0 Å². The normalized spacial score (nSPS) is 38.0. The Morgan fingerprint density at radius 1 is 1.45 bits per heavy atom. The van der Waals surface area contributed by atoms with E-state index in [2.05, 4.69) is 27.7 Å². The van der Waals surface area contributed by atoms with Crippen LogP contribution in [0.15, 0.2) is 0 Å². The van der Waals surface area contributed by atoms with Gasteiger partial charge in [0.1, 0.15) is 0 Å². The number of Topliss-reactive ketones (excluding diaryl/α,β-unsaturated/α-hetero) is 1. The molecule has 20 heavy (non-hydrogen) atoms. The summed E-state index contributed by atoms with van der Waals surface area (Å²) in [6.45, 7) is 8.99. The highest BCUT2D eigenvalue weighted by Crippen LogP contribution is 2.50. The van der Waals surface area contributed by atoms with Crippen LogP contribution in [0.5, 0.6) is 0 Å². The van der Waals surface area contributed by atoms with Gasteiger partial charge in [-0.1, -0.05) is 34.1 Å². The van der Waals surface area contributed by atoms with E-state index in [9.17, 15) is 4.79 Å². The van der Waals surface area contributed by atoms with Gasteiger partial charge in [0.2, 0.25) is 0 Å². The highest BCUT2D eigenvalue weighted by Gasteiger charge is 2.48. The van der Waals surface area contributed by atoms with E-state index in [0.29, 0.717) is 5.92 Å². The summed E-state index contributed by atoms with van der Waals surface area (Å²) in [6.07, 6.45) is 6.86. The molecule has 0 bridgehead atoms. The lowest BCUT2D eigenvalue weighted by Crippen LogP contribution is -2.51. The molecule has 2 rings (SSSR count). The van der Waals surface area contributed by atoms with Crippen molar-refractivity contribution in [2.45, 2.75) is 74.9 Å². The van der Waals surface area contributed by atoms with Gasteiger partial charge < -0.3 is 4.74 Å². The van der Waals surface area contributed by atoms with Crippen molar-refractivity contribution < 1.29 is 9.53 Å². The quantitative estimate of drug-likeness (QED) is 0.769. The van der Waals surface area contributed by atoms with Gasteiger partial charge in [-0.15, -0.1) is 11.8 Å². The first-order valence-electron chi connectivity index (χ1n) is 7.78. The maximum Gasteiger partial charge on any atom is 0.184 e. The zero-order valence-corrected chi connectivity index (χ0v) is 15.0. The number of rotatable bonds is 4. The Bertz CT molecular complexity index is 352. The molecule has 0 amide bonds. The van der Waals surface area contributed by atoms with Crippen LogP contribution in [0.25, 0.3) is 0 Å². The number of carbonyl (C=O) groups excluding carboxylic acids is 1. The molecule has 0 N–H and O–H groups in total. The van der Waals surface area contributed by atoms with Crippen molar-refractivity contribution in [2.24, 2.45) is 11.8 Å². The van der Waals surface area contributed by atoms with E-state index in [1.54, 1.807) is 23.5 Å². The molecule has 0 aromatic heterocycles. The minimum atomic E-state index is -0.256.